The second-order valence-corrected chi connectivity index (χ2v) is 6.68. The number of aliphatic hydroxyl groups is 2. The van der Waals surface area contributed by atoms with E-state index in [9.17, 15) is 4.79 Å². The minimum atomic E-state index is -0.125. The van der Waals surface area contributed by atoms with E-state index < -0.39 is 0 Å². The van der Waals surface area contributed by atoms with Gasteiger partial charge in [-0.25, -0.2) is 0 Å². The molecular formula is C22H46O4. The zero-order valence-corrected chi connectivity index (χ0v) is 18.0. The van der Waals surface area contributed by atoms with Gasteiger partial charge in [-0.05, 0) is 27.2 Å². The molecule has 0 saturated heterocycles. The molecule has 0 aromatic carbocycles. The molecule has 26 heavy (non-hydrogen) atoms. The highest BCUT2D eigenvalue weighted by molar-refractivity contribution is 5.69. The standard InChI is InChI=1S/C17H34O2.C3H6.C2H6O2/c1-4-5-6-7-8-9-10-11-12-13-14-15-17(18)19-16(2)3;1-3-2;3-1-2-4/h16H,4-15H2,1-3H3;3H,1H2,2H3;3-4H,1-2H2. The van der Waals surface area contributed by atoms with E-state index in [1.807, 2.05) is 20.8 Å². The van der Waals surface area contributed by atoms with E-state index in [2.05, 4.69) is 13.5 Å². The summed E-state index contributed by atoms with van der Waals surface area (Å²) in [5.41, 5.74) is 0. The average molecular weight is 375 g/mol. The fraction of sp³-hybridized carbons (Fsp3) is 0.864. The van der Waals surface area contributed by atoms with Crippen LogP contribution < -0.4 is 0 Å². The van der Waals surface area contributed by atoms with Crippen LogP contribution in [0, 0.1) is 0 Å². The first kappa shape index (κ1) is 29.9. The van der Waals surface area contributed by atoms with Crippen molar-refractivity contribution in [3.05, 3.63) is 12.7 Å². The monoisotopic (exact) mass is 374 g/mol. The van der Waals surface area contributed by atoms with Gasteiger partial charge >= 0.3 is 5.97 Å². The summed E-state index contributed by atoms with van der Waals surface area (Å²) >= 11 is 0. The van der Waals surface area contributed by atoms with Crippen LogP contribution >= 0.6 is 0 Å². The van der Waals surface area contributed by atoms with Crippen LogP contribution in [0.4, 0.5) is 0 Å². The lowest BCUT2D eigenvalue weighted by Gasteiger charge is -2.07. The molecule has 158 valence electrons. The first-order valence-electron chi connectivity index (χ1n) is 10.5. The Balaban J connectivity index is -0.000000643. The van der Waals surface area contributed by atoms with Crippen molar-refractivity contribution in [3.63, 3.8) is 0 Å². The third-order valence-electron chi connectivity index (χ3n) is 3.45. The smallest absolute Gasteiger partial charge is 0.306 e. The molecule has 0 saturated carbocycles. The summed E-state index contributed by atoms with van der Waals surface area (Å²) < 4.78 is 5.10. The van der Waals surface area contributed by atoms with Gasteiger partial charge < -0.3 is 14.9 Å². The Bertz CT molecular complexity index is 263. The number of allylic oxidation sites excluding steroid dienone is 1. The van der Waals surface area contributed by atoms with E-state index in [0.29, 0.717) is 6.42 Å². The Labute approximate surface area is 163 Å². The van der Waals surface area contributed by atoms with Gasteiger partial charge in [0.15, 0.2) is 0 Å². The highest BCUT2D eigenvalue weighted by Crippen LogP contribution is 2.12. The van der Waals surface area contributed by atoms with Gasteiger partial charge in [0.25, 0.3) is 0 Å². The molecule has 0 heterocycles. The van der Waals surface area contributed by atoms with E-state index in [-0.39, 0.29) is 25.3 Å². The van der Waals surface area contributed by atoms with Gasteiger partial charge in [0.1, 0.15) is 0 Å². The Morgan fingerprint density at radius 1 is 0.885 bits per heavy atom. The molecule has 0 bridgehead atoms. The summed E-state index contributed by atoms with van der Waals surface area (Å²) in [6.07, 6.45) is 16.8. The molecule has 2 N–H and O–H groups in total. The topological polar surface area (TPSA) is 66.8 Å². The number of carbonyl (C=O) groups excluding carboxylic acids is 1. The largest absolute Gasteiger partial charge is 0.463 e. The Kier molecular flexibility index (Phi) is 33.2. The van der Waals surface area contributed by atoms with E-state index in [0.717, 1.165) is 6.42 Å². The molecule has 0 amide bonds. The molecule has 0 aliphatic rings. The maximum absolute atomic E-state index is 11.3. The fourth-order valence-corrected chi connectivity index (χ4v) is 2.26. The quantitative estimate of drug-likeness (QED) is 0.229. The first-order valence-corrected chi connectivity index (χ1v) is 10.5. The molecule has 0 aliphatic carbocycles. The number of hydrogen-bond donors (Lipinski definition) is 2. The Hall–Kier alpha value is -0.870. The third kappa shape index (κ3) is 38.6. The van der Waals surface area contributed by atoms with Crippen molar-refractivity contribution in [1.82, 2.24) is 0 Å². The van der Waals surface area contributed by atoms with E-state index >= 15 is 0 Å². The molecule has 4 heteroatoms. The minimum Gasteiger partial charge on any atom is -0.463 e. The Morgan fingerprint density at radius 3 is 1.54 bits per heavy atom. The van der Waals surface area contributed by atoms with Crippen LogP contribution in [0.15, 0.2) is 12.7 Å². The van der Waals surface area contributed by atoms with Crippen molar-refractivity contribution in [2.75, 3.05) is 13.2 Å². The lowest BCUT2D eigenvalue weighted by Crippen LogP contribution is -2.10. The molecular weight excluding hydrogens is 328 g/mol. The number of rotatable bonds is 14. The van der Waals surface area contributed by atoms with Crippen molar-refractivity contribution in [3.8, 4) is 0 Å². The van der Waals surface area contributed by atoms with Crippen molar-refractivity contribution in [2.45, 2.75) is 111 Å². The third-order valence-corrected chi connectivity index (χ3v) is 3.45. The Morgan fingerprint density at radius 2 is 1.23 bits per heavy atom. The molecule has 0 aliphatic heterocycles. The number of hydrogen-bond acceptors (Lipinski definition) is 4. The molecule has 0 aromatic heterocycles. The fourth-order valence-electron chi connectivity index (χ4n) is 2.26. The normalized spacial score (nSPS) is 9.65. The molecule has 0 aromatic rings. The SMILES string of the molecule is C=CC.CCCCCCCCCCCCCC(=O)OC(C)C.OCCO. The van der Waals surface area contributed by atoms with Crippen molar-refractivity contribution in [1.29, 1.82) is 0 Å². The molecule has 0 radical (unpaired) electrons. The molecule has 0 spiro atoms. The lowest BCUT2D eigenvalue weighted by molar-refractivity contribution is -0.147. The number of esters is 1. The van der Waals surface area contributed by atoms with Gasteiger partial charge in [-0.15, -0.1) is 6.58 Å². The van der Waals surface area contributed by atoms with Gasteiger partial charge in [-0.1, -0.05) is 77.2 Å². The predicted molar refractivity (Wildman–Crippen MR) is 112 cm³/mol. The first-order chi connectivity index (χ1) is 12.5. The number of ether oxygens (including phenoxy) is 1. The predicted octanol–water partition coefficient (Wildman–Crippen LogP) is 5.80. The number of aliphatic hydroxyl groups excluding tert-OH is 2. The molecule has 0 rings (SSSR count). The van der Waals surface area contributed by atoms with Crippen molar-refractivity contribution < 1.29 is 19.7 Å². The maximum Gasteiger partial charge on any atom is 0.306 e. The van der Waals surface area contributed by atoms with Crippen molar-refractivity contribution >= 4 is 5.97 Å². The lowest BCUT2D eigenvalue weighted by atomic mass is 10.1. The number of carbonyl (C=O) groups is 1. The molecule has 0 atom stereocenters. The molecule has 4 nitrogen and oxygen atoms in total. The van der Waals surface area contributed by atoms with Gasteiger partial charge in [0.2, 0.25) is 0 Å². The van der Waals surface area contributed by atoms with Crippen LogP contribution in [-0.4, -0.2) is 35.5 Å². The van der Waals surface area contributed by atoms with Crippen molar-refractivity contribution in [2.24, 2.45) is 0 Å². The zero-order chi connectivity index (χ0) is 20.5. The minimum absolute atomic E-state index is 0.0280. The highest BCUT2D eigenvalue weighted by Gasteiger charge is 2.04. The van der Waals surface area contributed by atoms with Gasteiger partial charge in [0.05, 0.1) is 19.3 Å². The van der Waals surface area contributed by atoms with Crippen LogP contribution in [0.1, 0.15) is 105 Å². The van der Waals surface area contributed by atoms with Crippen LogP contribution in [0.2, 0.25) is 0 Å². The van der Waals surface area contributed by atoms with Gasteiger partial charge in [-0.3, -0.25) is 4.79 Å². The number of unbranched alkanes of at least 4 members (excludes halogenated alkanes) is 10. The second-order valence-electron chi connectivity index (χ2n) is 6.68. The average Bonchev–Trinajstić information content (AvgIpc) is 2.60. The summed E-state index contributed by atoms with van der Waals surface area (Å²) in [5, 5.41) is 15.2. The summed E-state index contributed by atoms with van der Waals surface area (Å²) in [4.78, 5) is 11.3. The maximum atomic E-state index is 11.3. The summed E-state index contributed by atoms with van der Waals surface area (Å²) in [5.74, 6) is -0.0362. The van der Waals surface area contributed by atoms with Gasteiger partial charge in [-0.2, -0.15) is 0 Å². The molecule has 0 unspecified atom stereocenters. The van der Waals surface area contributed by atoms with Gasteiger partial charge in [0, 0.05) is 6.42 Å². The summed E-state index contributed by atoms with van der Waals surface area (Å²) in [7, 11) is 0. The van der Waals surface area contributed by atoms with Crippen LogP contribution in [0.25, 0.3) is 0 Å². The van der Waals surface area contributed by atoms with Crippen LogP contribution in [-0.2, 0) is 9.53 Å². The highest BCUT2D eigenvalue weighted by atomic mass is 16.5. The van der Waals surface area contributed by atoms with E-state index in [1.54, 1.807) is 6.08 Å². The summed E-state index contributed by atoms with van der Waals surface area (Å²) in [6.45, 7) is 11.1. The molecule has 0 fully saturated rings. The van der Waals surface area contributed by atoms with E-state index in [4.69, 9.17) is 14.9 Å². The van der Waals surface area contributed by atoms with Crippen LogP contribution in [0.5, 0.6) is 0 Å². The zero-order valence-electron chi connectivity index (χ0n) is 18.0. The second kappa shape index (κ2) is 28.9. The van der Waals surface area contributed by atoms with Crippen LogP contribution in [0.3, 0.4) is 0 Å². The summed E-state index contributed by atoms with van der Waals surface area (Å²) in [6, 6.07) is 0. The van der Waals surface area contributed by atoms with E-state index in [1.165, 1.54) is 64.2 Å².